The zero-order valence-electron chi connectivity index (χ0n) is 36.7. The summed E-state index contributed by atoms with van der Waals surface area (Å²) in [4.78, 5) is 123. The van der Waals surface area contributed by atoms with Crippen molar-refractivity contribution in [3.63, 3.8) is 0 Å². The summed E-state index contributed by atoms with van der Waals surface area (Å²) in [6.45, 7) is 0. The highest BCUT2D eigenvalue weighted by molar-refractivity contribution is 5.98. The molecule has 24 nitrogen and oxygen atoms in total. The summed E-state index contributed by atoms with van der Waals surface area (Å²) in [6.07, 6.45) is 3.80. The molecule has 0 aliphatic rings. The summed E-state index contributed by atoms with van der Waals surface area (Å²) in [5.74, 6) is -7.42. The first-order valence-corrected chi connectivity index (χ1v) is 20.8. The Labute approximate surface area is 384 Å². The molecular formula is C44H46N12O12. The minimum Gasteiger partial charge on any atom is -0.481 e. The van der Waals surface area contributed by atoms with Crippen LogP contribution < -0.4 is 16.9 Å². The highest BCUT2D eigenvalue weighted by atomic mass is 16.4. The van der Waals surface area contributed by atoms with Crippen molar-refractivity contribution in [2.24, 2.45) is 22.2 Å². The van der Waals surface area contributed by atoms with Crippen LogP contribution in [-0.4, -0.2) is 115 Å². The molecule has 0 unspecified atom stereocenters. The Kier molecular flexibility index (Phi) is 17.4. The van der Waals surface area contributed by atoms with Crippen LogP contribution in [0.2, 0.25) is 0 Å². The predicted octanol–water partition coefficient (Wildman–Crippen LogP) is 3.42. The number of anilines is 1. The minimum atomic E-state index is -1.19. The van der Waals surface area contributed by atoms with Crippen LogP contribution in [0.25, 0.3) is 22.3 Å². The first-order valence-electron chi connectivity index (χ1n) is 20.8. The van der Waals surface area contributed by atoms with Crippen molar-refractivity contribution >= 4 is 69.7 Å². The van der Waals surface area contributed by atoms with Gasteiger partial charge >= 0.3 is 23.9 Å². The smallest absolute Gasteiger partial charge is 0.306 e. The standard InChI is InChI=1S/C23H25N7O6.C21H21N5O6/c1-30(2)29-28-23-26-20-19(21(34)27-23)25-16(12-24-20)9-5-13-3-6-14(7-4-13)17(31)11-15(22(35)36)8-10-18(32)33;22-21-25-18-17(19(30)26-21)24-14(10-23-18)7-3-11-1-4-12(5-2-11)15(27)9-13(20(31)32)6-8-16(28)29/h3-4,6-7,12,15H,5,8-11H2,1-2H3,(H,32,33)(H,35,36)(H,24,26,27,34);1-2,4-5,10,13H,3,6-9H2,(H,28,29)(H,31,32)(H3,22,23,25,26,30)/t15-;13-/m11/s1. The van der Waals surface area contributed by atoms with E-state index < -0.39 is 46.8 Å². The molecule has 24 heteroatoms. The third kappa shape index (κ3) is 14.9. The number of nitrogens with one attached hydrogen (secondary N) is 2. The lowest BCUT2D eigenvalue weighted by Crippen LogP contribution is -2.19. The van der Waals surface area contributed by atoms with Gasteiger partial charge in [0, 0.05) is 50.9 Å². The average Bonchev–Trinajstić information content (AvgIpc) is 3.29. The molecule has 0 aliphatic carbocycles. The number of Topliss-reactive ketones (excluding diaryl/α,β-unsaturated/α-hetero) is 2. The fourth-order valence-electron chi connectivity index (χ4n) is 6.50. The van der Waals surface area contributed by atoms with E-state index in [1.54, 1.807) is 62.6 Å². The van der Waals surface area contributed by atoms with Gasteiger partial charge in [0.1, 0.15) is 0 Å². The molecule has 68 heavy (non-hydrogen) atoms. The van der Waals surface area contributed by atoms with Gasteiger partial charge in [-0.2, -0.15) is 9.97 Å². The molecule has 8 N–H and O–H groups in total. The van der Waals surface area contributed by atoms with E-state index >= 15 is 0 Å². The number of nitrogen functional groups attached to an aromatic ring is 1. The molecule has 0 saturated heterocycles. The van der Waals surface area contributed by atoms with Gasteiger partial charge in [-0.25, -0.2) is 19.9 Å². The lowest BCUT2D eigenvalue weighted by Gasteiger charge is -2.10. The second-order valence-corrected chi connectivity index (χ2v) is 15.5. The SMILES string of the molecule is CN(C)N=Nc1nc2ncc(CCc3ccc(C(=O)C[C@@H](CCC(=O)O)C(=O)O)cc3)nc2c(=O)[nH]1.Nc1nc2ncc(CCc3ccc(C(=O)C[C@@H](CCC(=O)O)C(=O)O)cc3)nc2c(=O)[nH]1. The number of carbonyl (C=O) groups excluding carboxylic acids is 2. The Morgan fingerprint density at radius 1 is 0.618 bits per heavy atom. The van der Waals surface area contributed by atoms with Gasteiger partial charge in [-0.3, -0.25) is 53.3 Å². The van der Waals surface area contributed by atoms with E-state index in [1.165, 1.54) is 17.4 Å². The second kappa shape index (κ2) is 23.5. The Hall–Kier alpha value is -8.70. The number of benzene rings is 2. The van der Waals surface area contributed by atoms with Gasteiger partial charge in [-0.15, -0.1) is 0 Å². The van der Waals surface area contributed by atoms with E-state index in [4.69, 9.17) is 15.9 Å². The van der Waals surface area contributed by atoms with Crippen molar-refractivity contribution in [1.82, 2.24) is 44.9 Å². The molecule has 2 aromatic carbocycles. The second-order valence-electron chi connectivity index (χ2n) is 15.5. The molecule has 354 valence electrons. The number of aliphatic carboxylic acids is 4. The van der Waals surface area contributed by atoms with Crippen LogP contribution in [-0.2, 0) is 44.9 Å². The maximum absolute atomic E-state index is 12.5. The monoisotopic (exact) mass is 934 g/mol. The van der Waals surface area contributed by atoms with Crippen molar-refractivity contribution in [3.8, 4) is 0 Å². The molecule has 4 heterocycles. The van der Waals surface area contributed by atoms with E-state index in [0.29, 0.717) is 48.2 Å². The zero-order chi connectivity index (χ0) is 49.5. The number of ketones is 2. The van der Waals surface area contributed by atoms with Crippen LogP contribution in [0.1, 0.15) is 81.8 Å². The molecule has 0 amide bonds. The summed E-state index contributed by atoms with van der Waals surface area (Å²) < 4.78 is 0. The van der Waals surface area contributed by atoms with Gasteiger partial charge in [-0.1, -0.05) is 58.9 Å². The maximum atomic E-state index is 12.5. The van der Waals surface area contributed by atoms with Crippen molar-refractivity contribution in [2.75, 3.05) is 19.8 Å². The predicted molar refractivity (Wildman–Crippen MR) is 240 cm³/mol. The first-order chi connectivity index (χ1) is 32.3. The van der Waals surface area contributed by atoms with Crippen LogP contribution in [0, 0.1) is 11.8 Å². The lowest BCUT2D eigenvalue weighted by atomic mass is 9.93. The molecule has 0 bridgehead atoms. The molecule has 0 radical (unpaired) electrons. The molecule has 4 aromatic heterocycles. The third-order valence-corrected chi connectivity index (χ3v) is 10.1. The number of aromatic nitrogens is 8. The molecule has 6 aromatic rings. The molecule has 0 saturated carbocycles. The summed E-state index contributed by atoms with van der Waals surface area (Å²) >= 11 is 0. The number of hydrogen-bond acceptors (Lipinski definition) is 17. The Balaban J connectivity index is 0.000000256. The number of rotatable bonds is 22. The number of carbonyl (C=O) groups is 6. The number of aryl methyl sites for hydroxylation is 4. The average molecular weight is 935 g/mol. The largest absolute Gasteiger partial charge is 0.481 e. The zero-order valence-corrected chi connectivity index (χ0v) is 36.7. The lowest BCUT2D eigenvalue weighted by molar-refractivity contribution is -0.144. The summed E-state index contributed by atoms with van der Waals surface area (Å²) in [5.41, 5.74) is 8.76. The number of nitrogens with zero attached hydrogens (tertiary/aromatic N) is 9. The Morgan fingerprint density at radius 2 is 1.04 bits per heavy atom. The van der Waals surface area contributed by atoms with Crippen LogP contribution in [0.4, 0.5) is 11.9 Å². The molecule has 2 atom stereocenters. The van der Waals surface area contributed by atoms with Crippen LogP contribution in [0.15, 0.2) is 80.9 Å². The van der Waals surface area contributed by atoms with Crippen LogP contribution in [0.3, 0.4) is 0 Å². The van der Waals surface area contributed by atoms with Crippen LogP contribution >= 0.6 is 0 Å². The van der Waals surface area contributed by atoms with E-state index in [2.05, 4.69) is 50.2 Å². The van der Waals surface area contributed by atoms with Crippen molar-refractivity contribution in [2.45, 2.75) is 64.2 Å². The Morgan fingerprint density at radius 3 is 1.46 bits per heavy atom. The highest BCUT2D eigenvalue weighted by Gasteiger charge is 2.24. The van der Waals surface area contributed by atoms with E-state index in [0.717, 1.165) is 11.1 Å². The van der Waals surface area contributed by atoms with Gasteiger partial charge < -0.3 is 26.2 Å². The molecule has 6 rings (SSSR count). The number of carboxylic acid groups (broad SMARTS) is 4. The molecular weight excluding hydrogens is 889 g/mol. The number of hydrogen-bond donors (Lipinski definition) is 7. The van der Waals surface area contributed by atoms with Gasteiger partial charge in [0.25, 0.3) is 17.1 Å². The third-order valence-electron chi connectivity index (χ3n) is 10.1. The highest BCUT2D eigenvalue weighted by Crippen LogP contribution is 2.19. The van der Waals surface area contributed by atoms with Gasteiger partial charge in [0.2, 0.25) is 5.95 Å². The first kappa shape index (κ1) is 50.3. The van der Waals surface area contributed by atoms with Gasteiger partial charge in [0.15, 0.2) is 33.9 Å². The number of H-pyrrole nitrogens is 2. The van der Waals surface area contributed by atoms with Crippen molar-refractivity contribution in [3.05, 3.63) is 115 Å². The summed E-state index contributed by atoms with van der Waals surface area (Å²) in [6, 6.07) is 13.5. The fourth-order valence-corrected chi connectivity index (χ4v) is 6.50. The van der Waals surface area contributed by atoms with Crippen molar-refractivity contribution in [1.29, 1.82) is 0 Å². The number of fused-ring (bicyclic) bond motifs is 2. The number of carboxylic acids is 4. The Bertz CT molecular complexity index is 2970. The van der Waals surface area contributed by atoms with E-state index in [1.807, 2.05) is 0 Å². The van der Waals surface area contributed by atoms with Gasteiger partial charge in [-0.05, 0) is 49.7 Å². The minimum absolute atomic E-state index is 0.0226. The number of nitrogens with two attached hydrogens (primary N) is 1. The quantitative estimate of drug-likeness (QED) is 0.0291. The van der Waals surface area contributed by atoms with Gasteiger partial charge in [0.05, 0.1) is 35.6 Å². The fraction of sp³-hybridized carbons (Fsp3) is 0.318. The van der Waals surface area contributed by atoms with E-state index in [-0.39, 0.29) is 84.3 Å². The molecule has 0 aliphatic heterocycles. The van der Waals surface area contributed by atoms with Crippen LogP contribution in [0.5, 0.6) is 0 Å². The maximum Gasteiger partial charge on any atom is 0.306 e. The topological polar surface area (TPSA) is 380 Å². The molecule has 0 fully saturated rings. The van der Waals surface area contributed by atoms with Crippen molar-refractivity contribution < 1.29 is 49.2 Å². The summed E-state index contributed by atoms with van der Waals surface area (Å²) in [7, 11) is 3.36. The molecule has 0 spiro atoms. The van der Waals surface area contributed by atoms with E-state index in [9.17, 15) is 48.6 Å². The normalized spacial score (nSPS) is 12.0. The number of aromatic amines is 2. The summed E-state index contributed by atoms with van der Waals surface area (Å²) in [5, 5.41) is 45.0.